The molecule has 3 heterocycles. The number of rotatable bonds is 4. The van der Waals surface area contributed by atoms with Crippen molar-refractivity contribution < 1.29 is 5.11 Å². The third-order valence-corrected chi connectivity index (χ3v) is 8.55. The van der Waals surface area contributed by atoms with Gasteiger partial charge in [-0.25, -0.2) is 9.97 Å². The van der Waals surface area contributed by atoms with Crippen molar-refractivity contribution >= 4 is 11.0 Å². The van der Waals surface area contributed by atoms with Gasteiger partial charge in [0.25, 0.3) is 0 Å². The molecule has 0 radical (unpaired) electrons. The SMILES string of the molecule is CC(C)(C)c1cc(-c2ccccn2)cc(-c2cccc3c2nc(-c2nc(C(C)(C)C)cc(C(C)(C)C)c2O)n3-c2ccccc2)c1. The van der Waals surface area contributed by atoms with E-state index >= 15 is 0 Å². The lowest BCUT2D eigenvalue weighted by atomic mass is 9.82. The van der Waals surface area contributed by atoms with Crippen LogP contribution in [0, 0.1) is 0 Å². The summed E-state index contributed by atoms with van der Waals surface area (Å²) in [6.07, 6.45) is 1.84. The molecular formula is C41H44N4O. The van der Waals surface area contributed by atoms with E-state index in [1.807, 2.05) is 36.5 Å². The normalized spacial score (nSPS) is 12.5. The summed E-state index contributed by atoms with van der Waals surface area (Å²) in [4.78, 5) is 15.2. The fourth-order valence-electron chi connectivity index (χ4n) is 5.88. The molecular weight excluding hydrogens is 564 g/mol. The molecule has 0 amide bonds. The van der Waals surface area contributed by atoms with Crippen molar-refractivity contribution in [2.24, 2.45) is 0 Å². The molecule has 1 N–H and O–H groups in total. The second-order valence-electron chi connectivity index (χ2n) is 15.3. The Morgan fingerprint density at radius 1 is 0.630 bits per heavy atom. The molecule has 0 aliphatic heterocycles. The zero-order valence-corrected chi connectivity index (χ0v) is 28.5. The number of pyridine rings is 2. The monoisotopic (exact) mass is 608 g/mol. The van der Waals surface area contributed by atoms with Gasteiger partial charge in [0.1, 0.15) is 11.4 Å². The van der Waals surface area contributed by atoms with Gasteiger partial charge in [0, 0.05) is 39.7 Å². The van der Waals surface area contributed by atoms with Crippen molar-refractivity contribution in [1.29, 1.82) is 0 Å². The Hall–Kier alpha value is -4.77. The number of fused-ring (bicyclic) bond motifs is 1. The van der Waals surface area contributed by atoms with Gasteiger partial charge in [-0.15, -0.1) is 0 Å². The number of imidazole rings is 1. The molecule has 6 rings (SSSR count). The Bertz CT molecular complexity index is 2040. The van der Waals surface area contributed by atoms with Crippen molar-refractivity contribution in [2.45, 2.75) is 78.6 Å². The van der Waals surface area contributed by atoms with Crippen LogP contribution in [-0.2, 0) is 16.2 Å². The Morgan fingerprint density at radius 3 is 1.96 bits per heavy atom. The molecule has 0 unspecified atom stereocenters. The summed E-state index contributed by atoms with van der Waals surface area (Å²) in [7, 11) is 0. The van der Waals surface area contributed by atoms with Crippen LogP contribution in [-0.4, -0.2) is 24.6 Å². The van der Waals surface area contributed by atoms with Gasteiger partial charge in [-0.3, -0.25) is 9.55 Å². The van der Waals surface area contributed by atoms with Gasteiger partial charge in [-0.2, -0.15) is 0 Å². The third kappa shape index (κ3) is 5.82. The highest BCUT2D eigenvalue weighted by Gasteiger charge is 2.30. The first-order chi connectivity index (χ1) is 21.6. The summed E-state index contributed by atoms with van der Waals surface area (Å²) < 4.78 is 2.13. The predicted molar refractivity (Wildman–Crippen MR) is 191 cm³/mol. The number of hydrogen-bond acceptors (Lipinski definition) is 4. The number of benzene rings is 3. The molecule has 0 aliphatic carbocycles. The molecule has 0 bridgehead atoms. The fraction of sp³-hybridized carbons (Fsp3) is 0.293. The maximum absolute atomic E-state index is 11.9. The number of hydrogen-bond donors (Lipinski definition) is 1. The van der Waals surface area contributed by atoms with E-state index < -0.39 is 0 Å². The molecule has 3 aromatic heterocycles. The van der Waals surface area contributed by atoms with E-state index in [0.717, 1.165) is 50.4 Å². The van der Waals surface area contributed by atoms with Crippen LogP contribution in [0.1, 0.15) is 79.1 Å². The van der Waals surface area contributed by atoms with E-state index in [0.29, 0.717) is 11.5 Å². The lowest BCUT2D eigenvalue weighted by Crippen LogP contribution is -2.19. The molecule has 3 aromatic carbocycles. The minimum atomic E-state index is -0.300. The van der Waals surface area contributed by atoms with Crippen molar-refractivity contribution in [3.8, 4) is 45.3 Å². The third-order valence-electron chi connectivity index (χ3n) is 8.55. The smallest absolute Gasteiger partial charge is 0.168 e. The van der Waals surface area contributed by atoms with E-state index in [1.54, 1.807) is 0 Å². The van der Waals surface area contributed by atoms with Crippen LogP contribution in [0.5, 0.6) is 5.75 Å². The highest BCUT2D eigenvalue weighted by molar-refractivity contribution is 5.96. The standard InChI is InChI=1S/C41H44N4O/c1-39(2,3)28-23-26(22-27(24-28)32-19-13-14-21-42-32)30-18-15-20-33-35(30)44-38(45(33)29-16-11-10-12-17-29)36-37(46)31(40(4,5)6)25-34(43-36)41(7,8)9/h10-25,46H,1-9H3. The van der Waals surface area contributed by atoms with Crippen molar-refractivity contribution in [1.82, 2.24) is 19.5 Å². The predicted octanol–water partition coefficient (Wildman–Crippen LogP) is 10.4. The minimum Gasteiger partial charge on any atom is -0.505 e. The first-order valence-electron chi connectivity index (χ1n) is 16.0. The molecule has 5 heteroatoms. The maximum Gasteiger partial charge on any atom is 0.168 e. The molecule has 0 spiro atoms. The van der Waals surface area contributed by atoms with Gasteiger partial charge in [0.05, 0.1) is 16.7 Å². The molecule has 0 atom stereocenters. The van der Waals surface area contributed by atoms with Crippen molar-refractivity contribution in [2.75, 3.05) is 0 Å². The van der Waals surface area contributed by atoms with Crippen molar-refractivity contribution in [3.63, 3.8) is 0 Å². The molecule has 0 saturated heterocycles. The van der Waals surface area contributed by atoms with Crippen LogP contribution in [0.3, 0.4) is 0 Å². The van der Waals surface area contributed by atoms with Crippen LogP contribution >= 0.6 is 0 Å². The molecule has 0 aliphatic rings. The van der Waals surface area contributed by atoms with Gasteiger partial charge in [0.15, 0.2) is 5.82 Å². The molecule has 0 fully saturated rings. The van der Waals surface area contributed by atoms with Gasteiger partial charge in [-0.1, -0.05) is 105 Å². The molecule has 5 nitrogen and oxygen atoms in total. The largest absolute Gasteiger partial charge is 0.505 e. The highest BCUT2D eigenvalue weighted by Crippen LogP contribution is 2.43. The summed E-state index contributed by atoms with van der Waals surface area (Å²) in [5, 5.41) is 11.9. The summed E-state index contributed by atoms with van der Waals surface area (Å²) in [5.74, 6) is 0.779. The molecule has 0 saturated carbocycles. The van der Waals surface area contributed by atoms with E-state index in [4.69, 9.17) is 9.97 Å². The first kappa shape index (κ1) is 31.2. The Labute approximate surface area is 273 Å². The zero-order valence-electron chi connectivity index (χ0n) is 28.5. The number of aromatic nitrogens is 4. The Kier molecular flexibility index (Phi) is 7.63. The zero-order chi connectivity index (χ0) is 33.0. The van der Waals surface area contributed by atoms with Crippen LogP contribution in [0.15, 0.2) is 97.2 Å². The quantitative estimate of drug-likeness (QED) is 0.216. The van der Waals surface area contributed by atoms with E-state index in [-0.39, 0.29) is 22.0 Å². The average molecular weight is 609 g/mol. The average Bonchev–Trinajstić information content (AvgIpc) is 3.40. The molecule has 234 valence electrons. The summed E-state index contributed by atoms with van der Waals surface area (Å²) in [5.41, 5.74) is 9.69. The summed E-state index contributed by atoms with van der Waals surface area (Å²) in [6.45, 7) is 19.5. The molecule has 6 aromatic rings. The lowest BCUT2D eigenvalue weighted by molar-refractivity contribution is 0.441. The van der Waals surface area contributed by atoms with Gasteiger partial charge in [0.2, 0.25) is 0 Å². The number of nitrogens with zero attached hydrogens (tertiary/aromatic N) is 4. The summed E-state index contributed by atoms with van der Waals surface area (Å²) >= 11 is 0. The van der Waals surface area contributed by atoms with Crippen LogP contribution < -0.4 is 0 Å². The van der Waals surface area contributed by atoms with Crippen molar-refractivity contribution in [3.05, 3.63) is 114 Å². The molecule has 46 heavy (non-hydrogen) atoms. The fourth-order valence-corrected chi connectivity index (χ4v) is 5.88. The van der Waals surface area contributed by atoms with E-state index in [2.05, 4.69) is 133 Å². The van der Waals surface area contributed by atoms with Gasteiger partial charge >= 0.3 is 0 Å². The first-order valence-corrected chi connectivity index (χ1v) is 16.0. The lowest BCUT2D eigenvalue weighted by Gasteiger charge is -2.26. The minimum absolute atomic E-state index is 0.0749. The van der Waals surface area contributed by atoms with E-state index in [1.165, 1.54) is 5.56 Å². The topological polar surface area (TPSA) is 63.8 Å². The van der Waals surface area contributed by atoms with Gasteiger partial charge in [-0.05, 0) is 70.5 Å². The van der Waals surface area contributed by atoms with Crippen LogP contribution in [0.4, 0.5) is 0 Å². The van der Waals surface area contributed by atoms with Crippen LogP contribution in [0.25, 0.3) is 50.6 Å². The maximum atomic E-state index is 11.9. The highest BCUT2D eigenvalue weighted by atomic mass is 16.3. The number of para-hydroxylation sites is 2. The van der Waals surface area contributed by atoms with E-state index in [9.17, 15) is 5.11 Å². The number of aromatic hydroxyl groups is 1. The van der Waals surface area contributed by atoms with Gasteiger partial charge < -0.3 is 5.11 Å². The second kappa shape index (κ2) is 11.2. The van der Waals surface area contributed by atoms with Crippen LogP contribution in [0.2, 0.25) is 0 Å². The Balaban J connectivity index is 1.70. The Morgan fingerprint density at radius 2 is 1.33 bits per heavy atom. The summed E-state index contributed by atoms with van der Waals surface area (Å²) in [6, 6.07) is 31.4. The second-order valence-corrected chi connectivity index (χ2v) is 15.3.